The number of carbonyl (C=O) groups excluding carboxylic acids is 1. The molecule has 1 unspecified atom stereocenters. The lowest BCUT2D eigenvalue weighted by Crippen LogP contribution is -2.43. The van der Waals surface area contributed by atoms with Crippen LogP contribution in [-0.2, 0) is 4.74 Å². The minimum Gasteiger partial charge on any atom is -0.508 e. The molecule has 4 heteroatoms. The van der Waals surface area contributed by atoms with E-state index < -0.39 is 0 Å². The van der Waals surface area contributed by atoms with Crippen LogP contribution < -0.4 is 0 Å². The number of phenols is 1. The monoisotopic (exact) mass is 277 g/mol. The molecule has 1 aromatic carbocycles. The molecule has 1 heterocycles. The van der Waals surface area contributed by atoms with Crippen LogP contribution in [0.15, 0.2) is 24.3 Å². The molecule has 1 aliphatic rings. The molecule has 1 aromatic rings. The van der Waals surface area contributed by atoms with Crippen molar-refractivity contribution < 1.29 is 14.6 Å². The number of carbonyl (C=O) groups is 1. The fourth-order valence-electron chi connectivity index (χ4n) is 2.84. The van der Waals surface area contributed by atoms with Gasteiger partial charge in [0.15, 0.2) is 0 Å². The van der Waals surface area contributed by atoms with E-state index in [0.29, 0.717) is 11.6 Å². The molecule has 0 radical (unpaired) electrons. The third-order valence-corrected chi connectivity index (χ3v) is 3.87. The minimum absolute atomic E-state index is 0.0306. The van der Waals surface area contributed by atoms with Crippen molar-refractivity contribution in [2.45, 2.75) is 38.1 Å². The van der Waals surface area contributed by atoms with E-state index >= 15 is 0 Å². The Morgan fingerprint density at radius 1 is 1.45 bits per heavy atom. The highest BCUT2D eigenvalue weighted by molar-refractivity contribution is 5.94. The van der Waals surface area contributed by atoms with Crippen molar-refractivity contribution in [3.8, 4) is 5.75 Å². The second kappa shape index (κ2) is 7.29. The Balaban J connectivity index is 2.05. The average Bonchev–Trinajstić information content (AvgIpc) is 2.47. The van der Waals surface area contributed by atoms with Gasteiger partial charge < -0.3 is 14.7 Å². The number of piperidine rings is 1. The van der Waals surface area contributed by atoms with E-state index in [1.54, 1.807) is 31.4 Å². The predicted molar refractivity (Wildman–Crippen MR) is 77.9 cm³/mol. The maximum absolute atomic E-state index is 12.6. The summed E-state index contributed by atoms with van der Waals surface area (Å²) in [6.07, 6.45) is 5.27. The van der Waals surface area contributed by atoms with E-state index in [0.717, 1.165) is 38.8 Å². The molecule has 1 aliphatic heterocycles. The van der Waals surface area contributed by atoms with E-state index in [9.17, 15) is 9.90 Å². The first kappa shape index (κ1) is 14.9. The molecule has 1 amide bonds. The molecule has 0 aliphatic carbocycles. The van der Waals surface area contributed by atoms with E-state index in [-0.39, 0.29) is 11.7 Å². The smallest absolute Gasteiger partial charge is 0.254 e. The van der Waals surface area contributed by atoms with Crippen LogP contribution in [0, 0.1) is 0 Å². The molecule has 0 bridgehead atoms. The van der Waals surface area contributed by atoms with Crippen LogP contribution in [0.3, 0.4) is 0 Å². The van der Waals surface area contributed by atoms with Gasteiger partial charge in [0.1, 0.15) is 5.75 Å². The van der Waals surface area contributed by atoms with Gasteiger partial charge in [0.05, 0.1) is 0 Å². The molecule has 0 saturated carbocycles. The number of amides is 1. The van der Waals surface area contributed by atoms with Crippen molar-refractivity contribution in [2.24, 2.45) is 0 Å². The molecule has 0 aromatic heterocycles. The van der Waals surface area contributed by atoms with E-state index in [1.807, 2.05) is 4.90 Å². The summed E-state index contributed by atoms with van der Waals surface area (Å²) in [6.45, 7) is 1.55. The topological polar surface area (TPSA) is 49.8 Å². The van der Waals surface area contributed by atoms with Crippen LogP contribution in [0.5, 0.6) is 5.75 Å². The summed E-state index contributed by atoms with van der Waals surface area (Å²) < 4.78 is 5.09. The maximum Gasteiger partial charge on any atom is 0.254 e. The molecule has 2 rings (SSSR count). The zero-order valence-corrected chi connectivity index (χ0v) is 12.0. The first-order valence-electron chi connectivity index (χ1n) is 7.31. The van der Waals surface area contributed by atoms with Gasteiger partial charge >= 0.3 is 0 Å². The number of hydrogen-bond acceptors (Lipinski definition) is 3. The summed E-state index contributed by atoms with van der Waals surface area (Å²) in [6, 6.07) is 6.91. The Bertz CT molecular complexity index is 447. The van der Waals surface area contributed by atoms with Crippen molar-refractivity contribution in [1.82, 2.24) is 4.90 Å². The van der Waals surface area contributed by atoms with Crippen LogP contribution >= 0.6 is 0 Å². The first-order valence-corrected chi connectivity index (χ1v) is 7.31. The van der Waals surface area contributed by atoms with Gasteiger partial charge in [0.2, 0.25) is 0 Å². The highest BCUT2D eigenvalue weighted by atomic mass is 16.5. The van der Waals surface area contributed by atoms with Crippen molar-refractivity contribution in [2.75, 3.05) is 20.3 Å². The Morgan fingerprint density at radius 3 is 3.05 bits per heavy atom. The van der Waals surface area contributed by atoms with Gasteiger partial charge in [-0.25, -0.2) is 0 Å². The number of benzene rings is 1. The Labute approximate surface area is 120 Å². The van der Waals surface area contributed by atoms with Crippen molar-refractivity contribution in [3.63, 3.8) is 0 Å². The fourth-order valence-corrected chi connectivity index (χ4v) is 2.84. The number of hydrogen-bond donors (Lipinski definition) is 1. The van der Waals surface area contributed by atoms with Crippen molar-refractivity contribution in [3.05, 3.63) is 29.8 Å². The Morgan fingerprint density at radius 2 is 2.30 bits per heavy atom. The third-order valence-electron chi connectivity index (χ3n) is 3.87. The number of nitrogens with zero attached hydrogens (tertiary/aromatic N) is 1. The summed E-state index contributed by atoms with van der Waals surface area (Å²) in [5, 5.41) is 9.51. The number of ether oxygens (including phenoxy) is 1. The molecule has 1 saturated heterocycles. The highest BCUT2D eigenvalue weighted by Crippen LogP contribution is 2.24. The second-order valence-corrected chi connectivity index (χ2v) is 5.33. The summed E-state index contributed by atoms with van der Waals surface area (Å²) in [4.78, 5) is 14.5. The van der Waals surface area contributed by atoms with Crippen molar-refractivity contribution in [1.29, 1.82) is 0 Å². The van der Waals surface area contributed by atoms with E-state index in [2.05, 4.69) is 0 Å². The Hall–Kier alpha value is -1.55. The molecule has 20 heavy (non-hydrogen) atoms. The number of methoxy groups -OCH3 is 1. The molecule has 4 nitrogen and oxygen atoms in total. The molecule has 1 N–H and O–H groups in total. The number of phenolic OH excluding ortho intramolecular Hbond substituents is 1. The standard InChI is InChI=1S/C16H23NO3/c1-20-11-5-8-14-7-2-3-10-17(14)16(19)13-6-4-9-15(18)12-13/h4,6,9,12,14,18H,2-3,5,7-8,10-11H2,1H3. The third kappa shape index (κ3) is 3.73. The number of aromatic hydroxyl groups is 1. The lowest BCUT2D eigenvalue weighted by Gasteiger charge is -2.36. The van der Waals surface area contributed by atoms with Gasteiger partial charge in [0, 0.05) is 31.9 Å². The average molecular weight is 277 g/mol. The quantitative estimate of drug-likeness (QED) is 0.842. The SMILES string of the molecule is COCCCC1CCCCN1C(=O)c1cccc(O)c1. The van der Waals surface area contributed by atoms with Crippen LogP contribution in [0.2, 0.25) is 0 Å². The lowest BCUT2D eigenvalue weighted by molar-refractivity contribution is 0.0584. The molecular formula is C16H23NO3. The summed E-state index contributed by atoms with van der Waals surface area (Å²) in [5.41, 5.74) is 0.573. The summed E-state index contributed by atoms with van der Waals surface area (Å²) in [7, 11) is 1.70. The summed E-state index contributed by atoms with van der Waals surface area (Å²) in [5.74, 6) is 0.173. The zero-order chi connectivity index (χ0) is 14.4. The maximum atomic E-state index is 12.6. The molecular weight excluding hydrogens is 254 g/mol. The van der Waals surface area contributed by atoms with Gasteiger partial charge in [-0.3, -0.25) is 4.79 Å². The predicted octanol–water partition coefficient (Wildman–Crippen LogP) is 2.81. The Kier molecular flexibility index (Phi) is 5.41. The van der Waals surface area contributed by atoms with Gasteiger partial charge in [-0.2, -0.15) is 0 Å². The lowest BCUT2D eigenvalue weighted by atomic mass is 9.97. The first-order chi connectivity index (χ1) is 9.72. The van der Waals surface area contributed by atoms with Gasteiger partial charge in [-0.05, 0) is 50.3 Å². The zero-order valence-electron chi connectivity index (χ0n) is 12.0. The number of rotatable bonds is 5. The summed E-state index contributed by atoms with van der Waals surface area (Å²) >= 11 is 0. The van der Waals surface area contributed by atoms with Gasteiger partial charge in [-0.15, -0.1) is 0 Å². The van der Waals surface area contributed by atoms with Crippen LogP contribution in [0.25, 0.3) is 0 Å². The normalized spacial score (nSPS) is 19.1. The molecule has 110 valence electrons. The minimum atomic E-state index is 0.0306. The van der Waals surface area contributed by atoms with E-state index in [1.165, 1.54) is 6.42 Å². The highest BCUT2D eigenvalue weighted by Gasteiger charge is 2.27. The van der Waals surface area contributed by atoms with Crippen LogP contribution in [0.1, 0.15) is 42.5 Å². The molecule has 1 atom stereocenters. The largest absolute Gasteiger partial charge is 0.508 e. The van der Waals surface area contributed by atoms with E-state index in [4.69, 9.17) is 4.74 Å². The molecule has 0 spiro atoms. The fraction of sp³-hybridized carbons (Fsp3) is 0.562. The van der Waals surface area contributed by atoms with Gasteiger partial charge in [0.25, 0.3) is 5.91 Å². The second-order valence-electron chi connectivity index (χ2n) is 5.33. The number of likely N-dealkylation sites (tertiary alicyclic amines) is 1. The van der Waals surface area contributed by atoms with Gasteiger partial charge in [-0.1, -0.05) is 6.07 Å². The van der Waals surface area contributed by atoms with Crippen LogP contribution in [-0.4, -0.2) is 42.2 Å². The van der Waals surface area contributed by atoms with Crippen LogP contribution in [0.4, 0.5) is 0 Å². The van der Waals surface area contributed by atoms with Crippen molar-refractivity contribution >= 4 is 5.91 Å². The molecule has 1 fully saturated rings.